The molecule has 2 aromatic carbocycles. The van der Waals surface area contributed by atoms with E-state index in [4.69, 9.17) is 5.73 Å². The molecule has 86 valence electrons. The van der Waals surface area contributed by atoms with Crippen LogP contribution in [-0.2, 0) is 0 Å². The van der Waals surface area contributed by atoms with Crippen LogP contribution in [0.2, 0.25) is 0 Å². The first kappa shape index (κ1) is 11.2. The Hall–Kier alpha value is -2.29. The predicted octanol–water partition coefficient (Wildman–Crippen LogP) is 2.83. The Morgan fingerprint density at radius 3 is 2.47 bits per heavy atom. The average Bonchev–Trinajstić information content (AvgIpc) is 2.29. The molecular weight excluding hydrogens is 212 g/mol. The van der Waals surface area contributed by atoms with E-state index >= 15 is 0 Å². The highest BCUT2D eigenvalue weighted by molar-refractivity contribution is 6.04. The number of hydrogen-bond donors (Lipinski definition) is 2. The Balaban J connectivity index is 2.20. The van der Waals surface area contributed by atoms with E-state index in [2.05, 4.69) is 5.32 Å². The number of carbonyl (C=O) groups excluding carboxylic acids is 1. The van der Waals surface area contributed by atoms with Crippen LogP contribution in [0.3, 0.4) is 0 Å². The van der Waals surface area contributed by atoms with Crippen molar-refractivity contribution in [2.45, 2.75) is 6.92 Å². The fourth-order valence-electron chi connectivity index (χ4n) is 1.67. The normalized spacial score (nSPS) is 9.94. The number of anilines is 2. The summed E-state index contributed by atoms with van der Waals surface area (Å²) >= 11 is 0. The van der Waals surface area contributed by atoms with Crippen molar-refractivity contribution in [2.24, 2.45) is 0 Å². The standard InChI is InChI=1S/C14H14N2O/c1-10-7-11(9-12(15)8-10)14(17)16-13-5-3-2-4-6-13/h2-9H,15H2,1H3,(H,16,17). The van der Waals surface area contributed by atoms with Crippen LogP contribution in [0.1, 0.15) is 15.9 Å². The first-order valence-electron chi connectivity index (χ1n) is 5.39. The maximum absolute atomic E-state index is 12.0. The van der Waals surface area contributed by atoms with Crippen LogP contribution >= 0.6 is 0 Å². The number of amides is 1. The van der Waals surface area contributed by atoms with Gasteiger partial charge in [0.15, 0.2) is 0 Å². The molecule has 0 saturated heterocycles. The minimum atomic E-state index is -0.147. The summed E-state index contributed by atoms with van der Waals surface area (Å²) in [5, 5.41) is 2.82. The summed E-state index contributed by atoms with van der Waals surface area (Å²) in [6.07, 6.45) is 0. The second kappa shape index (κ2) is 4.70. The molecule has 3 nitrogen and oxygen atoms in total. The van der Waals surface area contributed by atoms with Gasteiger partial charge in [0.25, 0.3) is 5.91 Å². The highest BCUT2D eigenvalue weighted by Gasteiger charge is 2.06. The molecule has 0 bridgehead atoms. The number of para-hydroxylation sites is 1. The first-order chi connectivity index (χ1) is 8.15. The van der Waals surface area contributed by atoms with Crippen molar-refractivity contribution in [1.82, 2.24) is 0 Å². The molecule has 0 unspecified atom stereocenters. The van der Waals surface area contributed by atoms with Gasteiger partial charge in [-0.05, 0) is 42.8 Å². The molecule has 17 heavy (non-hydrogen) atoms. The fourth-order valence-corrected chi connectivity index (χ4v) is 1.67. The molecule has 1 amide bonds. The Kier molecular flexibility index (Phi) is 3.10. The summed E-state index contributed by atoms with van der Waals surface area (Å²) in [6.45, 7) is 1.91. The van der Waals surface area contributed by atoms with Crippen LogP contribution in [0, 0.1) is 6.92 Å². The smallest absolute Gasteiger partial charge is 0.255 e. The van der Waals surface area contributed by atoms with Gasteiger partial charge in [0.1, 0.15) is 0 Å². The lowest BCUT2D eigenvalue weighted by atomic mass is 10.1. The maximum atomic E-state index is 12.0. The minimum Gasteiger partial charge on any atom is -0.399 e. The van der Waals surface area contributed by atoms with E-state index in [1.807, 2.05) is 49.4 Å². The second-order valence-corrected chi connectivity index (χ2v) is 3.95. The van der Waals surface area contributed by atoms with Crippen molar-refractivity contribution in [3.8, 4) is 0 Å². The van der Waals surface area contributed by atoms with E-state index in [-0.39, 0.29) is 5.91 Å². The molecule has 0 saturated carbocycles. The molecule has 0 radical (unpaired) electrons. The van der Waals surface area contributed by atoms with Gasteiger partial charge in [-0.25, -0.2) is 0 Å². The SMILES string of the molecule is Cc1cc(N)cc(C(=O)Nc2ccccc2)c1. The molecule has 0 fully saturated rings. The number of nitrogens with two attached hydrogens (primary N) is 1. The van der Waals surface area contributed by atoms with Crippen LogP contribution in [0.5, 0.6) is 0 Å². The van der Waals surface area contributed by atoms with Gasteiger partial charge in [0, 0.05) is 16.9 Å². The number of rotatable bonds is 2. The van der Waals surface area contributed by atoms with Crippen molar-refractivity contribution >= 4 is 17.3 Å². The summed E-state index contributed by atoms with van der Waals surface area (Å²) in [6, 6.07) is 14.7. The number of aryl methyl sites for hydroxylation is 1. The molecule has 0 aliphatic carbocycles. The third kappa shape index (κ3) is 2.84. The molecular formula is C14H14N2O. The zero-order chi connectivity index (χ0) is 12.3. The maximum Gasteiger partial charge on any atom is 0.255 e. The Labute approximate surface area is 100 Å². The molecule has 0 aromatic heterocycles. The van der Waals surface area contributed by atoms with Crippen molar-refractivity contribution in [3.63, 3.8) is 0 Å². The molecule has 0 aliphatic rings. The summed E-state index contributed by atoms with van der Waals surface area (Å²) in [7, 11) is 0. The predicted molar refractivity (Wildman–Crippen MR) is 70.0 cm³/mol. The first-order valence-corrected chi connectivity index (χ1v) is 5.39. The van der Waals surface area contributed by atoms with E-state index in [1.54, 1.807) is 6.07 Å². The van der Waals surface area contributed by atoms with Gasteiger partial charge in [-0.2, -0.15) is 0 Å². The Bertz CT molecular complexity index is 515. The van der Waals surface area contributed by atoms with Gasteiger partial charge in [-0.1, -0.05) is 18.2 Å². The summed E-state index contributed by atoms with van der Waals surface area (Å²) < 4.78 is 0. The largest absolute Gasteiger partial charge is 0.399 e. The average molecular weight is 226 g/mol. The monoisotopic (exact) mass is 226 g/mol. The Morgan fingerprint density at radius 2 is 1.82 bits per heavy atom. The molecule has 0 aliphatic heterocycles. The molecule has 0 heterocycles. The molecule has 0 atom stereocenters. The van der Waals surface area contributed by atoms with Crippen LogP contribution < -0.4 is 11.1 Å². The third-order valence-corrected chi connectivity index (χ3v) is 2.39. The summed E-state index contributed by atoms with van der Waals surface area (Å²) in [4.78, 5) is 12.0. The zero-order valence-corrected chi connectivity index (χ0v) is 9.60. The van der Waals surface area contributed by atoms with Crippen molar-refractivity contribution < 1.29 is 4.79 Å². The van der Waals surface area contributed by atoms with Gasteiger partial charge >= 0.3 is 0 Å². The Morgan fingerprint density at radius 1 is 1.12 bits per heavy atom. The second-order valence-electron chi connectivity index (χ2n) is 3.95. The number of nitrogen functional groups attached to an aromatic ring is 1. The van der Waals surface area contributed by atoms with Crippen LogP contribution in [0.15, 0.2) is 48.5 Å². The highest BCUT2D eigenvalue weighted by atomic mass is 16.1. The number of nitrogens with one attached hydrogen (secondary N) is 1. The quantitative estimate of drug-likeness (QED) is 0.773. The lowest BCUT2D eigenvalue weighted by molar-refractivity contribution is 0.102. The van der Waals surface area contributed by atoms with Gasteiger partial charge in [0.05, 0.1) is 0 Å². The number of hydrogen-bond acceptors (Lipinski definition) is 2. The van der Waals surface area contributed by atoms with E-state index in [0.29, 0.717) is 11.3 Å². The summed E-state index contributed by atoms with van der Waals surface area (Å²) in [5.41, 5.74) is 8.64. The molecule has 3 heteroatoms. The van der Waals surface area contributed by atoms with Crippen molar-refractivity contribution in [1.29, 1.82) is 0 Å². The van der Waals surface area contributed by atoms with E-state index in [0.717, 1.165) is 11.3 Å². The van der Waals surface area contributed by atoms with Crippen LogP contribution in [0.4, 0.5) is 11.4 Å². The van der Waals surface area contributed by atoms with Gasteiger partial charge in [-0.15, -0.1) is 0 Å². The van der Waals surface area contributed by atoms with Crippen LogP contribution in [-0.4, -0.2) is 5.91 Å². The van der Waals surface area contributed by atoms with Gasteiger partial charge in [0.2, 0.25) is 0 Å². The lowest BCUT2D eigenvalue weighted by Crippen LogP contribution is -2.12. The lowest BCUT2D eigenvalue weighted by Gasteiger charge is -2.06. The van der Waals surface area contributed by atoms with Crippen molar-refractivity contribution in [2.75, 3.05) is 11.1 Å². The van der Waals surface area contributed by atoms with E-state index < -0.39 is 0 Å². The molecule has 2 rings (SSSR count). The van der Waals surface area contributed by atoms with Crippen molar-refractivity contribution in [3.05, 3.63) is 59.7 Å². The molecule has 2 aromatic rings. The highest BCUT2D eigenvalue weighted by Crippen LogP contribution is 2.13. The van der Waals surface area contributed by atoms with Gasteiger partial charge in [-0.3, -0.25) is 4.79 Å². The third-order valence-electron chi connectivity index (χ3n) is 2.39. The number of carbonyl (C=O) groups is 1. The van der Waals surface area contributed by atoms with E-state index in [1.165, 1.54) is 0 Å². The molecule has 3 N–H and O–H groups in total. The molecule has 0 spiro atoms. The number of benzene rings is 2. The minimum absolute atomic E-state index is 0.147. The van der Waals surface area contributed by atoms with Crippen LogP contribution in [0.25, 0.3) is 0 Å². The van der Waals surface area contributed by atoms with Gasteiger partial charge < -0.3 is 11.1 Å². The fraction of sp³-hybridized carbons (Fsp3) is 0.0714. The summed E-state index contributed by atoms with van der Waals surface area (Å²) in [5.74, 6) is -0.147. The topological polar surface area (TPSA) is 55.1 Å². The zero-order valence-electron chi connectivity index (χ0n) is 9.60. The van der Waals surface area contributed by atoms with E-state index in [9.17, 15) is 4.79 Å².